The summed E-state index contributed by atoms with van der Waals surface area (Å²) < 4.78 is 5.24. The maximum absolute atomic E-state index is 5.24. The van der Waals surface area contributed by atoms with Gasteiger partial charge in [0.2, 0.25) is 0 Å². The molecule has 1 atom stereocenters. The van der Waals surface area contributed by atoms with Crippen LogP contribution in [0.15, 0.2) is 0 Å². The van der Waals surface area contributed by atoms with Gasteiger partial charge in [0.1, 0.15) is 0 Å². The highest BCUT2D eigenvalue weighted by atomic mass is 16.5. The highest BCUT2D eigenvalue weighted by Gasteiger charge is 2.11. The lowest BCUT2D eigenvalue weighted by Gasteiger charge is -2.20. The second-order valence-corrected chi connectivity index (χ2v) is 2.42. The lowest BCUT2D eigenvalue weighted by molar-refractivity contribution is 0.0716. The highest BCUT2D eigenvalue weighted by Crippen LogP contribution is 2.01. The maximum atomic E-state index is 5.24. The van der Waals surface area contributed by atoms with Crippen LogP contribution in [0.5, 0.6) is 0 Å². The molecule has 0 aromatic heterocycles. The summed E-state index contributed by atoms with van der Waals surface area (Å²) in [5.41, 5.74) is 0. The van der Waals surface area contributed by atoms with Gasteiger partial charge in [0, 0.05) is 12.6 Å². The molecule has 0 N–H and O–H groups in total. The average Bonchev–Trinajstić information content (AvgIpc) is 1.91. The SMILES string of the molecule is CCCC1COCC[N]1. The first-order valence-corrected chi connectivity index (χ1v) is 3.68. The minimum Gasteiger partial charge on any atom is -0.378 e. The van der Waals surface area contributed by atoms with Crippen molar-refractivity contribution >= 4 is 0 Å². The van der Waals surface area contributed by atoms with Crippen molar-refractivity contribution in [1.29, 1.82) is 0 Å². The second kappa shape index (κ2) is 3.85. The van der Waals surface area contributed by atoms with Crippen molar-refractivity contribution in [3.8, 4) is 0 Å². The first-order valence-electron chi connectivity index (χ1n) is 3.68. The van der Waals surface area contributed by atoms with Crippen LogP contribution < -0.4 is 5.32 Å². The van der Waals surface area contributed by atoms with Gasteiger partial charge < -0.3 is 4.74 Å². The Labute approximate surface area is 56.6 Å². The van der Waals surface area contributed by atoms with Crippen molar-refractivity contribution in [2.45, 2.75) is 25.8 Å². The van der Waals surface area contributed by atoms with Crippen molar-refractivity contribution in [2.24, 2.45) is 0 Å². The molecule has 0 aromatic carbocycles. The van der Waals surface area contributed by atoms with Gasteiger partial charge in [-0.2, -0.15) is 0 Å². The van der Waals surface area contributed by atoms with E-state index in [1.165, 1.54) is 12.8 Å². The number of hydrogen-bond acceptors (Lipinski definition) is 1. The molecule has 2 nitrogen and oxygen atoms in total. The third-order valence-electron chi connectivity index (χ3n) is 1.56. The van der Waals surface area contributed by atoms with Gasteiger partial charge in [-0.3, -0.25) is 0 Å². The Balaban J connectivity index is 2.08. The van der Waals surface area contributed by atoms with Gasteiger partial charge in [0.15, 0.2) is 0 Å². The van der Waals surface area contributed by atoms with E-state index in [4.69, 9.17) is 4.74 Å². The molecule has 1 fully saturated rings. The van der Waals surface area contributed by atoms with Crippen LogP contribution >= 0.6 is 0 Å². The normalized spacial score (nSPS) is 28.3. The zero-order valence-electron chi connectivity index (χ0n) is 5.97. The van der Waals surface area contributed by atoms with E-state index in [0.717, 1.165) is 19.8 Å². The molecule has 0 saturated carbocycles. The van der Waals surface area contributed by atoms with E-state index in [1.54, 1.807) is 0 Å². The third kappa shape index (κ3) is 2.33. The van der Waals surface area contributed by atoms with E-state index in [1.807, 2.05) is 0 Å². The maximum Gasteiger partial charge on any atom is 0.0636 e. The molecule has 9 heavy (non-hydrogen) atoms. The van der Waals surface area contributed by atoms with E-state index in [9.17, 15) is 0 Å². The van der Waals surface area contributed by atoms with Crippen molar-refractivity contribution in [3.63, 3.8) is 0 Å². The van der Waals surface area contributed by atoms with Gasteiger partial charge in [-0.15, -0.1) is 0 Å². The van der Waals surface area contributed by atoms with E-state index >= 15 is 0 Å². The standard InChI is InChI=1S/C7H14NO/c1-2-3-7-6-9-5-4-8-7/h7H,2-6H2,1H3. The fourth-order valence-electron chi connectivity index (χ4n) is 1.08. The molecule has 0 amide bonds. The molecule has 2 heteroatoms. The molecule has 1 saturated heterocycles. The Morgan fingerprint density at radius 3 is 3.11 bits per heavy atom. The minimum atomic E-state index is 0.503. The van der Waals surface area contributed by atoms with Crippen LogP contribution in [-0.2, 0) is 4.74 Å². The van der Waals surface area contributed by atoms with E-state index in [0.29, 0.717) is 6.04 Å². The molecule has 53 valence electrons. The fraction of sp³-hybridized carbons (Fsp3) is 1.00. The summed E-state index contributed by atoms with van der Waals surface area (Å²) in [6, 6.07) is 0.503. The molecule has 1 aliphatic rings. The molecular weight excluding hydrogens is 114 g/mol. The van der Waals surface area contributed by atoms with E-state index < -0.39 is 0 Å². The lowest BCUT2D eigenvalue weighted by atomic mass is 10.2. The van der Waals surface area contributed by atoms with Crippen molar-refractivity contribution in [3.05, 3.63) is 0 Å². The number of rotatable bonds is 2. The summed E-state index contributed by atoms with van der Waals surface area (Å²) in [7, 11) is 0. The van der Waals surface area contributed by atoms with Crippen molar-refractivity contribution in [2.75, 3.05) is 19.8 Å². The average molecular weight is 128 g/mol. The largest absolute Gasteiger partial charge is 0.378 e. The van der Waals surface area contributed by atoms with Gasteiger partial charge in [0.05, 0.1) is 13.2 Å². The lowest BCUT2D eigenvalue weighted by Crippen LogP contribution is -2.35. The minimum absolute atomic E-state index is 0.503. The molecule has 0 spiro atoms. The predicted molar refractivity (Wildman–Crippen MR) is 36.5 cm³/mol. The molecule has 0 aromatic rings. The molecule has 1 heterocycles. The van der Waals surface area contributed by atoms with Gasteiger partial charge in [0.25, 0.3) is 0 Å². The van der Waals surface area contributed by atoms with Crippen molar-refractivity contribution < 1.29 is 4.74 Å². The topological polar surface area (TPSA) is 23.3 Å². The number of nitrogens with zero attached hydrogens (tertiary/aromatic N) is 1. The summed E-state index contributed by atoms with van der Waals surface area (Å²) >= 11 is 0. The van der Waals surface area contributed by atoms with Crippen LogP contribution in [0.2, 0.25) is 0 Å². The molecular formula is C7H14NO. The van der Waals surface area contributed by atoms with Crippen LogP contribution in [0.1, 0.15) is 19.8 Å². The van der Waals surface area contributed by atoms with Crippen LogP contribution in [-0.4, -0.2) is 25.8 Å². The number of ether oxygens (including phenoxy) is 1. The monoisotopic (exact) mass is 128 g/mol. The predicted octanol–water partition coefficient (Wildman–Crippen LogP) is 0.790. The van der Waals surface area contributed by atoms with E-state index in [-0.39, 0.29) is 0 Å². The second-order valence-electron chi connectivity index (χ2n) is 2.42. The summed E-state index contributed by atoms with van der Waals surface area (Å²) in [4.78, 5) is 0. The molecule has 1 rings (SSSR count). The Hall–Kier alpha value is -0.0800. The molecule has 1 aliphatic heterocycles. The highest BCUT2D eigenvalue weighted by molar-refractivity contribution is 4.67. The molecule has 1 radical (unpaired) electrons. The zero-order chi connectivity index (χ0) is 6.53. The molecule has 1 unspecified atom stereocenters. The molecule has 0 bridgehead atoms. The summed E-state index contributed by atoms with van der Waals surface area (Å²) in [5.74, 6) is 0. The van der Waals surface area contributed by atoms with E-state index in [2.05, 4.69) is 12.2 Å². The van der Waals surface area contributed by atoms with Crippen LogP contribution in [0.25, 0.3) is 0 Å². The van der Waals surface area contributed by atoms with Crippen LogP contribution in [0.3, 0.4) is 0 Å². The van der Waals surface area contributed by atoms with Crippen LogP contribution in [0, 0.1) is 0 Å². The summed E-state index contributed by atoms with van der Waals surface area (Å²) in [6.07, 6.45) is 2.41. The van der Waals surface area contributed by atoms with Crippen LogP contribution in [0.4, 0.5) is 0 Å². The smallest absolute Gasteiger partial charge is 0.0636 e. The Morgan fingerprint density at radius 2 is 2.56 bits per heavy atom. The fourth-order valence-corrected chi connectivity index (χ4v) is 1.08. The van der Waals surface area contributed by atoms with Gasteiger partial charge in [-0.05, 0) is 6.42 Å². The van der Waals surface area contributed by atoms with Gasteiger partial charge >= 0.3 is 0 Å². The zero-order valence-corrected chi connectivity index (χ0v) is 5.97. The van der Waals surface area contributed by atoms with Crippen molar-refractivity contribution in [1.82, 2.24) is 5.32 Å². The van der Waals surface area contributed by atoms with Gasteiger partial charge in [-0.25, -0.2) is 5.32 Å². The number of hydrogen-bond donors (Lipinski definition) is 0. The summed E-state index contributed by atoms with van der Waals surface area (Å²) in [5, 5.41) is 4.39. The third-order valence-corrected chi connectivity index (χ3v) is 1.56. The number of morpholine rings is 1. The first-order chi connectivity index (χ1) is 4.43. The molecule has 0 aliphatic carbocycles. The Morgan fingerprint density at radius 1 is 1.67 bits per heavy atom. The summed E-state index contributed by atoms with van der Waals surface area (Å²) in [6.45, 7) is 4.78. The van der Waals surface area contributed by atoms with Gasteiger partial charge in [-0.1, -0.05) is 13.3 Å². The Kier molecular flexibility index (Phi) is 3.01. The first kappa shape index (κ1) is 7.03. The quantitative estimate of drug-likeness (QED) is 0.539. The Bertz CT molecular complexity index is 66.6.